The first-order chi connectivity index (χ1) is 13.3. The van der Waals surface area contributed by atoms with Gasteiger partial charge in [-0.1, -0.05) is 17.7 Å². The number of rotatable bonds is 3. The minimum absolute atomic E-state index is 0.00377. The molecule has 0 radical (unpaired) electrons. The van der Waals surface area contributed by atoms with Crippen LogP contribution >= 0.6 is 11.6 Å². The summed E-state index contributed by atoms with van der Waals surface area (Å²) in [4.78, 5) is 29.2. The van der Waals surface area contributed by atoms with Gasteiger partial charge in [0.2, 0.25) is 0 Å². The number of halogens is 2. The highest BCUT2D eigenvalue weighted by molar-refractivity contribution is 6.30. The molecule has 0 spiro atoms. The zero-order valence-corrected chi connectivity index (χ0v) is 16.5. The lowest BCUT2D eigenvalue weighted by Gasteiger charge is -2.35. The van der Waals surface area contributed by atoms with Crippen molar-refractivity contribution in [2.45, 2.75) is 39.4 Å². The third kappa shape index (κ3) is 2.76. The molecular formula is C20H21ClFN3O3. The van der Waals surface area contributed by atoms with Crippen molar-refractivity contribution < 1.29 is 19.1 Å². The monoisotopic (exact) mass is 405 g/mol. The molecule has 148 valence electrons. The number of amides is 2. The van der Waals surface area contributed by atoms with E-state index in [1.807, 2.05) is 13.8 Å². The maximum Gasteiger partial charge on any atom is 0.274 e. The van der Waals surface area contributed by atoms with Crippen LogP contribution in [-0.4, -0.2) is 50.4 Å². The van der Waals surface area contributed by atoms with Crippen molar-refractivity contribution >= 4 is 23.4 Å². The molecule has 2 aliphatic heterocycles. The molecule has 1 aromatic heterocycles. The summed E-state index contributed by atoms with van der Waals surface area (Å²) in [5.74, 6) is -1.33. The Hall–Kier alpha value is -2.54. The standard InChI is InChI=1S/C20H21ClFN3O3/c1-3-24-11(2)9-25-15-6-7-23(10-12-4-5-14(22)13(21)8-12)19(27)16(15)18(26)17(25)20(24)28/h4-5,8,11,26H,3,6-7,9-10H2,1-2H3/t11-/m1/s1. The zero-order chi connectivity index (χ0) is 20.2. The van der Waals surface area contributed by atoms with Gasteiger partial charge in [-0.15, -0.1) is 0 Å². The van der Waals surface area contributed by atoms with Gasteiger partial charge in [-0.05, 0) is 31.5 Å². The molecule has 0 saturated heterocycles. The van der Waals surface area contributed by atoms with Crippen LogP contribution in [-0.2, 0) is 19.5 Å². The highest BCUT2D eigenvalue weighted by Crippen LogP contribution is 2.37. The molecule has 2 amide bonds. The van der Waals surface area contributed by atoms with Gasteiger partial charge in [0.25, 0.3) is 11.8 Å². The van der Waals surface area contributed by atoms with Gasteiger partial charge in [0.15, 0.2) is 11.4 Å². The van der Waals surface area contributed by atoms with Gasteiger partial charge < -0.3 is 19.5 Å². The first-order valence-electron chi connectivity index (χ1n) is 9.32. The zero-order valence-electron chi connectivity index (χ0n) is 15.7. The molecule has 3 heterocycles. The van der Waals surface area contributed by atoms with Crippen molar-refractivity contribution in [3.8, 4) is 5.75 Å². The molecule has 28 heavy (non-hydrogen) atoms. The highest BCUT2D eigenvalue weighted by Gasteiger charge is 2.40. The van der Waals surface area contributed by atoms with Gasteiger partial charge in [0, 0.05) is 44.3 Å². The SMILES string of the molecule is CCN1C(=O)c2c(O)c3c(n2C[C@H]1C)CCN(Cc1ccc(F)c(Cl)c1)C3=O. The number of hydrogen-bond acceptors (Lipinski definition) is 3. The topological polar surface area (TPSA) is 65.8 Å². The fourth-order valence-corrected chi connectivity index (χ4v) is 4.42. The molecule has 0 unspecified atom stereocenters. The maximum atomic E-state index is 13.4. The molecule has 1 N–H and O–H groups in total. The van der Waals surface area contributed by atoms with E-state index in [1.54, 1.807) is 20.4 Å². The fraction of sp³-hybridized carbons (Fsp3) is 0.400. The first kappa shape index (κ1) is 18.8. The summed E-state index contributed by atoms with van der Waals surface area (Å²) >= 11 is 5.84. The van der Waals surface area contributed by atoms with E-state index in [-0.39, 0.29) is 46.4 Å². The number of likely N-dealkylation sites (N-methyl/N-ethyl adjacent to an activating group) is 1. The number of hydrogen-bond donors (Lipinski definition) is 1. The number of fused-ring (bicyclic) bond motifs is 3. The molecule has 2 aliphatic rings. The molecule has 6 nitrogen and oxygen atoms in total. The molecule has 4 rings (SSSR count). The Kier molecular flexibility index (Phi) is 4.57. The second-order valence-corrected chi connectivity index (χ2v) is 7.70. The Morgan fingerprint density at radius 1 is 1.29 bits per heavy atom. The van der Waals surface area contributed by atoms with Crippen molar-refractivity contribution in [3.05, 3.63) is 51.6 Å². The van der Waals surface area contributed by atoms with Crippen LogP contribution in [0.3, 0.4) is 0 Å². The Labute approximate surface area is 167 Å². The predicted molar refractivity (Wildman–Crippen MR) is 102 cm³/mol. The van der Waals surface area contributed by atoms with Crippen LogP contribution in [0.15, 0.2) is 18.2 Å². The summed E-state index contributed by atoms with van der Waals surface area (Å²) in [6.45, 7) is 5.65. The molecule has 2 aromatic rings. The van der Waals surface area contributed by atoms with Gasteiger partial charge in [0.1, 0.15) is 11.4 Å². The van der Waals surface area contributed by atoms with Crippen LogP contribution in [0.25, 0.3) is 0 Å². The molecular weight excluding hydrogens is 385 g/mol. The van der Waals surface area contributed by atoms with Crippen molar-refractivity contribution in [1.29, 1.82) is 0 Å². The van der Waals surface area contributed by atoms with E-state index in [9.17, 15) is 19.1 Å². The summed E-state index contributed by atoms with van der Waals surface area (Å²) < 4.78 is 15.2. The molecule has 0 saturated carbocycles. The van der Waals surface area contributed by atoms with Crippen LogP contribution in [0.4, 0.5) is 4.39 Å². The lowest BCUT2D eigenvalue weighted by Crippen LogP contribution is -2.46. The summed E-state index contributed by atoms with van der Waals surface area (Å²) in [5.41, 5.74) is 1.81. The summed E-state index contributed by atoms with van der Waals surface area (Å²) in [6.07, 6.45) is 0.537. The summed E-state index contributed by atoms with van der Waals surface area (Å²) in [7, 11) is 0. The second-order valence-electron chi connectivity index (χ2n) is 7.29. The van der Waals surface area contributed by atoms with Gasteiger partial charge in [-0.2, -0.15) is 0 Å². The molecule has 1 aromatic carbocycles. The van der Waals surface area contributed by atoms with Gasteiger partial charge in [-0.3, -0.25) is 9.59 Å². The minimum Gasteiger partial charge on any atom is -0.505 e. The first-order valence-corrected chi connectivity index (χ1v) is 9.69. The van der Waals surface area contributed by atoms with Crippen LogP contribution in [0.1, 0.15) is 46.0 Å². The average Bonchev–Trinajstić information content (AvgIpc) is 2.93. The van der Waals surface area contributed by atoms with E-state index >= 15 is 0 Å². The molecule has 8 heteroatoms. The molecule has 1 atom stereocenters. The van der Waals surface area contributed by atoms with Crippen LogP contribution in [0.5, 0.6) is 5.75 Å². The number of carbonyl (C=O) groups excluding carboxylic acids is 2. The Balaban J connectivity index is 1.68. The van der Waals surface area contributed by atoms with E-state index in [1.165, 1.54) is 12.1 Å². The minimum atomic E-state index is -0.511. The Bertz CT molecular complexity index is 988. The third-order valence-corrected chi connectivity index (χ3v) is 5.90. The van der Waals surface area contributed by atoms with E-state index in [2.05, 4.69) is 0 Å². The van der Waals surface area contributed by atoms with Gasteiger partial charge in [0.05, 0.1) is 5.02 Å². The quantitative estimate of drug-likeness (QED) is 0.853. The van der Waals surface area contributed by atoms with Crippen LogP contribution < -0.4 is 0 Å². The smallest absolute Gasteiger partial charge is 0.274 e. The van der Waals surface area contributed by atoms with E-state index < -0.39 is 5.82 Å². The van der Waals surface area contributed by atoms with Crippen LogP contribution in [0.2, 0.25) is 5.02 Å². The number of carbonyl (C=O) groups is 2. The highest BCUT2D eigenvalue weighted by atomic mass is 35.5. The van der Waals surface area contributed by atoms with E-state index in [4.69, 9.17) is 11.6 Å². The fourth-order valence-electron chi connectivity index (χ4n) is 4.22. The van der Waals surface area contributed by atoms with Crippen molar-refractivity contribution in [3.63, 3.8) is 0 Å². The predicted octanol–water partition coefficient (Wildman–Crippen LogP) is 3.05. The largest absolute Gasteiger partial charge is 0.505 e. The van der Waals surface area contributed by atoms with E-state index in [0.717, 1.165) is 0 Å². The number of aromatic hydroxyl groups is 1. The number of nitrogens with zero attached hydrogens (tertiary/aromatic N) is 3. The molecule has 0 fully saturated rings. The summed E-state index contributed by atoms with van der Waals surface area (Å²) in [5, 5.41) is 10.7. The van der Waals surface area contributed by atoms with Crippen LogP contribution in [0, 0.1) is 5.82 Å². The lowest BCUT2D eigenvalue weighted by molar-refractivity contribution is 0.0618. The Morgan fingerprint density at radius 3 is 2.71 bits per heavy atom. The van der Waals surface area contributed by atoms with Crippen molar-refractivity contribution in [2.24, 2.45) is 0 Å². The summed E-state index contributed by atoms with van der Waals surface area (Å²) in [6, 6.07) is 4.34. The number of benzene rings is 1. The van der Waals surface area contributed by atoms with Gasteiger partial charge >= 0.3 is 0 Å². The van der Waals surface area contributed by atoms with Gasteiger partial charge in [-0.25, -0.2) is 4.39 Å². The normalized spacial score (nSPS) is 19.1. The second kappa shape index (κ2) is 6.81. The number of aromatic nitrogens is 1. The molecule has 0 bridgehead atoms. The Morgan fingerprint density at radius 2 is 2.04 bits per heavy atom. The van der Waals surface area contributed by atoms with E-state index in [0.29, 0.717) is 37.3 Å². The van der Waals surface area contributed by atoms with Crippen molar-refractivity contribution in [1.82, 2.24) is 14.4 Å². The maximum absolute atomic E-state index is 13.4. The average molecular weight is 406 g/mol. The lowest BCUT2D eigenvalue weighted by atomic mass is 10.0. The van der Waals surface area contributed by atoms with Crippen molar-refractivity contribution in [2.75, 3.05) is 13.1 Å². The third-order valence-electron chi connectivity index (χ3n) is 5.61. The molecule has 0 aliphatic carbocycles.